The quantitative estimate of drug-likeness (QED) is 0.691. The number of aryl methyl sites for hydroxylation is 1. The maximum absolute atomic E-state index is 12.6. The Balaban J connectivity index is 1.59. The number of alkyl halides is 3. The van der Waals surface area contributed by atoms with Crippen LogP contribution in [0.25, 0.3) is 5.57 Å². The number of hydrogen-bond donors (Lipinski definition) is 2. The van der Waals surface area contributed by atoms with E-state index in [0.29, 0.717) is 42.7 Å². The third-order valence-corrected chi connectivity index (χ3v) is 5.23. The maximum Gasteiger partial charge on any atom is 0.417 e. The van der Waals surface area contributed by atoms with Crippen LogP contribution in [0.5, 0.6) is 0 Å². The molecular weight excluding hydrogens is 447 g/mol. The van der Waals surface area contributed by atoms with Crippen LogP contribution in [0.4, 0.5) is 23.8 Å². The zero-order chi connectivity index (χ0) is 23.3. The molecule has 0 spiro atoms. The molecule has 32 heavy (non-hydrogen) atoms. The predicted octanol–water partition coefficient (Wildman–Crippen LogP) is 4.15. The van der Waals surface area contributed by atoms with Gasteiger partial charge in [-0.05, 0) is 42.2 Å². The van der Waals surface area contributed by atoms with Gasteiger partial charge in [-0.15, -0.1) is 0 Å². The number of carbonyl (C=O) groups excluding carboxylic acids is 2. The van der Waals surface area contributed by atoms with Gasteiger partial charge < -0.3 is 10.2 Å². The number of nitrogens with one attached hydrogen (secondary N) is 2. The van der Waals surface area contributed by atoms with Crippen LogP contribution in [-0.4, -0.2) is 46.9 Å². The first kappa shape index (κ1) is 23.5. The average Bonchev–Trinajstić information content (AvgIpc) is 2.77. The molecule has 7 nitrogen and oxygen atoms in total. The number of urea groups is 1. The molecule has 0 aromatic carbocycles. The molecule has 2 aromatic rings. The molecule has 0 atom stereocenters. The summed E-state index contributed by atoms with van der Waals surface area (Å²) in [5, 5.41) is 5.53. The van der Waals surface area contributed by atoms with Crippen molar-refractivity contribution in [3.63, 3.8) is 0 Å². The molecule has 0 unspecified atom stereocenters. The van der Waals surface area contributed by atoms with Crippen molar-refractivity contribution in [2.24, 2.45) is 0 Å². The summed E-state index contributed by atoms with van der Waals surface area (Å²) in [6, 6.07) is 3.30. The fraction of sp³-hybridized carbons (Fsp3) is 0.333. The first-order chi connectivity index (χ1) is 15.2. The van der Waals surface area contributed by atoms with Gasteiger partial charge in [-0.2, -0.15) is 13.2 Å². The van der Waals surface area contributed by atoms with Gasteiger partial charge in [0.1, 0.15) is 5.82 Å². The van der Waals surface area contributed by atoms with Crippen molar-refractivity contribution in [2.75, 3.05) is 25.5 Å². The Kier molecular flexibility index (Phi) is 7.34. The van der Waals surface area contributed by atoms with Crippen LogP contribution in [0, 0.1) is 0 Å². The number of nitrogens with zero attached hydrogens (tertiary/aromatic N) is 3. The summed E-state index contributed by atoms with van der Waals surface area (Å²) in [5.41, 5.74) is 1.48. The van der Waals surface area contributed by atoms with Crippen molar-refractivity contribution in [1.82, 2.24) is 20.2 Å². The molecule has 1 aliphatic heterocycles. The van der Waals surface area contributed by atoms with Gasteiger partial charge in [-0.25, -0.2) is 9.78 Å². The van der Waals surface area contributed by atoms with E-state index in [1.807, 2.05) is 6.08 Å². The summed E-state index contributed by atoms with van der Waals surface area (Å²) in [4.78, 5) is 33.4. The molecule has 0 bridgehead atoms. The molecule has 11 heteroatoms. The van der Waals surface area contributed by atoms with Gasteiger partial charge in [0.15, 0.2) is 0 Å². The number of halogens is 4. The van der Waals surface area contributed by atoms with Crippen LogP contribution in [0.1, 0.15) is 29.7 Å². The molecule has 3 rings (SSSR count). The molecule has 0 radical (unpaired) electrons. The van der Waals surface area contributed by atoms with Gasteiger partial charge in [0.25, 0.3) is 0 Å². The monoisotopic (exact) mass is 467 g/mol. The van der Waals surface area contributed by atoms with E-state index in [4.69, 9.17) is 11.6 Å². The van der Waals surface area contributed by atoms with Crippen LogP contribution in [0.3, 0.4) is 0 Å². The number of rotatable bonds is 5. The van der Waals surface area contributed by atoms with E-state index in [0.717, 1.165) is 23.3 Å². The highest BCUT2D eigenvalue weighted by atomic mass is 35.5. The van der Waals surface area contributed by atoms with Crippen molar-refractivity contribution >= 4 is 34.9 Å². The largest absolute Gasteiger partial charge is 0.417 e. The minimum atomic E-state index is -4.48. The Morgan fingerprint density at radius 1 is 1.22 bits per heavy atom. The van der Waals surface area contributed by atoms with Gasteiger partial charge in [0, 0.05) is 39.0 Å². The Bertz CT molecular complexity index is 1030. The standard InChI is InChI=1S/C21H21ClF3N5O2/c1-26-18(31)5-2-13-10-16(22)19(28-11-13)14-6-8-30(9-7-14)20(32)29-17-4-3-15(12-27-17)21(23,24)25/h3-4,6,10-12H,2,5,7-9H2,1H3,(H,26,31)(H,27,29,32). The summed E-state index contributed by atoms with van der Waals surface area (Å²) < 4.78 is 37.8. The van der Waals surface area contributed by atoms with Gasteiger partial charge in [-0.3, -0.25) is 15.1 Å². The summed E-state index contributed by atoms with van der Waals surface area (Å²) >= 11 is 6.38. The third-order valence-electron chi connectivity index (χ3n) is 4.94. The van der Waals surface area contributed by atoms with E-state index in [1.165, 1.54) is 4.90 Å². The minimum absolute atomic E-state index is 0.0369. The number of aromatic nitrogens is 2. The molecule has 3 amide bonds. The molecular formula is C21H21ClF3N5O2. The lowest BCUT2D eigenvalue weighted by Crippen LogP contribution is -2.38. The van der Waals surface area contributed by atoms with Crippen molar-refractivity contribution in [3.05, 3.63) is 58.5 Å². The lowest BCUT2D eigenvalue weighted by atomic mass is 10.0. The molecule has 2 aromatic heterocycles. The Morgan fingerprint density at radius 2 is 2.00 bits per heavy atom. The van der Waals surface area contributed by atoms with Crippen molar-refractivity contribution < 1.29 is 22.8 Å². The zero-order valence-corrected chi connectivity index (χ0v) is 17.9. The number of amides is 3. The molecule has 0 fully saturated rings. The fourth-order valence-corrected chi connectivity index (χ4v) is 3.44. The second-order valence-electron chi connectivity index (χ2n) is 7.13. The van der Waals surface area contributed by atoms with Gasteiger partial charge in [-0.1, -0.05) is 17.7 Å². The molecule has 170 valence electrons. The van der Waals surface area contributed by atoms with Gasteiger partial charge >= 0.3 is 12.2 Å². The molecule has 0 saturated heterocycles. The molecule has 3 heterocycles. The summed E-state index contributed by atoms with van der Waals surface area (Å²) in [6.07, 6.45) is 1.09. The first-order valence-corrected chi connectivity index (χ1v) is 10.2. The molecule has 1 aliphatic rings. The predicted molar refractivity (Wildman–Crippen MR) is 114 cm³/mol. The van der Waals surface area contributed by atoms with E-state index in [2.05, 4.69) is 20.6 Å². The summed E-state index contributed by atoms with van der Waals surface area (Å²) in [5.74, 6) is -0.0279. The van der Waals surface area contributed by atoms with E-state index in [-0.39, 0.29) is 18.3 Å². The van der Waals surface area contributed by atoms with Crippen LogP contribution >= 0.6 is 11.6 Å². The van der Waals surface area contributed by atoms with E-state index >= 15 is 0 Å². The molecule has 0 saturated carbocycles. The van der Waals surface area contributed by atoms with Gasteiger partial charge in [0.05, 0.1) is 16.3 Å². The number of hydrogen-bond acceptors (Lipinski definition) is 4. The van der Waals surface area contributed by atoms with Crippen LogP contribution in [-0.2, 0) is 17.4 Å². The second-order valence-corrected chi connectivity index (χ2v) is 7.54. The number of carbonyl (C=O) groups is 2. The highest BCUT2D eigenvalue weighted by Gasteiger charge is 2.30. The Labute approximate surface area is 187 Å². The lowest BCUT2D eigenvalue weighted by molar-refractivity contribution is -0.137. The van der Waals surface area contributed by atoms with Crippen molar-refractivity contribution in [1.29, 1.82) is 0 Å². The second kappa shape index (κ2) is 9.99. The van der Waals surface area contributed by atoms with Crippen LogP contribution in [0.2, 0.25) is 5.02 Å². The highest BCUT2D eigenvalue weighted by molar-refractivity contribution is 6.32. The van der Waals surface area contributed by atoms with E-state index < -0.39 is 17.8 Å². The van der Waals surface area contributed by atoms with Gasteiger partial charge in [0.2, 0.25) is 5.91 Å². The smallest absolute Gasteiger partial charge is 0.359 e. The first-order valence-electron chi connectivity index (χ1n) is 9.81. The SMILES string of the molecule is CNC(=O)CCc1cnc(C2=CCN(C(=O)Nc3ccc(C(F)(F)F)cn3)CC2)c(Cl)c1. The summed E-state index contributed by atoms with van der Waals surface area (Å²) in [7, 11) is 1.58. The Morgan fingerprint density at radius 3 is 2.56 bits per heavy atom. The Hall–Kier alpha value is -3.14. The lowest BCUT2D eigenvalue weighted by Gasteiger charge is -2.26. The normalized spacial score (nSPS) is 14.0. The number of anilines is 1. The topological polar surface area (TPSA) is 87.2 Å². The summed E-state index contributed by atoms with van der Waals surface area (Å²) in [6.45, 7) is 0.674. The van der Waals surface area contributed by atoms with E-state index in [9.17, 15) is 22.8 Å². The zero-order valence-electron chi connectivity index (χ0n) is 17.2. The minimum Gasteiger partial charge on any atom is -0.359 e. The fourth-order valence-electron chi connectivity index (χ4n) is 3.13. The molecule has 2 N–H and O–H groups in total. The molecule has 0 aliphatic carbocycles. The van der Waals surface area contributed by atoms with Crippen LogP contribution in [0.15, 0.2) is 36.7 Å². The van der Waals surface area contributed by atoms with Crippen molar-refractivity contribution in [2.45, 2.75) is 25.4 Å². The van der Waals surface area contributed by atoms with Crippen LogP contribution < -0.4 is 10.6 Å². The van der Waals surface area contributed by atoms with E-state index in [1.54, 1.807) is 19.3 Å². The van der Waals surface area contributed by atoms with Crippen molar-refractivity contribution in [3.8, 4) is 0 Å². The average molecular weight is 468 g/mol. The number of pyridine rings is 2. The highest BCUT2D eigenvalue weighted by Crippen LogP contribution is 2.30. The third kappa shape index (κ3) is 5.97. The maximum atomic E-state index is 12.6.